The number of benzene rings is 2. The molecular formula is C41H58F2N10O9S3. The van der Waals surface area contributed by atoms with Crippen molar-refractivity contribution in [3.8, 4) is 11.5 Å². The topological polar surface area (TPSA) is 286 Å². The maximum atomic E-state index is 14.0. The highest BCUT2D eigenvalue weighted by molar-refractivity contribution is 7.88. The molecule has 0 radical (unpaired) electrons. The number of nitrogens with one attached hydrogen (secondary N) is 1. The number of sulfonamides is 2. The molecule has 0 aliphatic carbocycles. The Morgan fingerprint density at radius 2 is 1.17 bits per heavy atom. The number of carbonyl (C=O) groups is 2. The van der Waals surface area contributed by atoms with Crippen LogP contribution in [-0.4, -0.2) is 132 Å². The molecule has 6 rings (SSSR count). The van der Waals surface area contributed by atoms with Crippen LogP contribution < -0.4 is 32.0 Å². The van der Waals surface area contributed by atoms with E-state index >= 15 is 0 Å². The fraction of sp³-hybridized carbons (Fsp3) is 0.463. The minimum atomic E-state index is -3.20. The van der Waals surface area contributed by atoms with Crippen LogP contribution in [0, 0.1) is 25.5 Å². The summed E-state index contributed by atoms with van der Waals surface area (Å²) < 4.78 is 97.8. The minimum absolute atomic E-state index is 0. The van der Waals surface area contributed by atoms with Crippen LogP contribution in [-0.2, 0) is 30.8 Å². The number of nitrogen functional groups attached to an aromatic ring is 2. The number of halogens is 2. The Morgan fingerprint density at radius 1 is 0.754 bits per heavy atom. The normalized spacial score (nSPS) is 15.5. The lowest BCUT2D eigenvalue weighted by Crippen LogP contribution is -2.42. The Morgan fingerprint density at radius 3 is 1.55 bits per heavy atom. The second-order valence-corrected chi connectivity index (χ2v) is 20.5. The highest BCUT2D eigenvalue weighted by Gasteiger charge is 2.27. The van der Waals surface area contributed by atoms with Gasteiger partial charge in [-0.1, -0.05) is 14.4 Å². The fourth-order valence-electron chi connectivity index (χ4n) is 6.45. The highest BCUT2D eigenvalue weighted by Crippen LogP contribution is 2.28. The van der Waals surface area contributed by atoms with Gasteiger partial charge in [0.05, 0.1) is 59.8 Å². The summed E-state index contributed by atoms with van der Waals surface area (Å²) in [5.41, 5.74) is 18.2. The van der Waals surface area contributed by atoms with E-state index in [0.29, 0.717) is 55.9 Å². The number of hydrogen-bond donors (Lipinski definition) is 4. The second-order valence-electron chi connectivity index (χ2n) is 14.9. The lowest BCUT2D eigenvalue weighted by molar-refractivity contribution is 0.102. The van der Waals surface area contributed by atoms with Crippen molar-refractivity contribution in [1.29, 1.82) is 0 Å². The van der Waals surface area contributed by atoms with Crippen molar-refractivity contribution >= 4 is 60.0 Å². The van der Waals surface area contributed by atoms with Crippen LogP contribution in [0.15, 0.2) is 41.8 Å². The molecule has 24 heteroatoms. The number of anilines is 3. The number of aryl methyl sites for hydroxylation is 2. The zero-order chi connectivity index (χ0) is 47.7. The quantitative estimate of drug-likeness (QED) is 0.117. The largest absolute Gasteiger partial charge is 0.496 e. The van der Waals surface area contributed by atoms with Crippen LogP contribution in [0.4, 0.5) is 26.4 Å². The van der Waals surface area contributed by atoms with Crippen molar-refractivity contribution in [2.75, 3.05) is 75.4 Å². The van der Waals surface area contributed by atoms with E-state index in [1.54, 1.807) is 20.8 Å². The number of ether oxygens (including phenoxy) is 2. The van der Waals surface area contributed by atoms with Gasteiger partial charge in [-0.15, -0.1) is 0 Å². The Kier molecular flexibility index (Phi) is 19.3. The maximum Gasteiger partial charge on any atom is 0.224 e. The molecule has 2 fully saturated rings. The number of piperidine rings is 2. The Balaban J connectivity index is 0.000000283. The summed E-state index contributed by atoms with van der Waals surface area (Å²) in [7, 11) is -4.77. The minimum Gasteiger partial charge on any atom is -0.496 e. The van der Waals surface area contributed by atoms with E-state index in [2.05, 4.69) is 25.3 Å². The predicted molar refractivity (Wildman–Crippen MR) is 245 cm³/mol. The molecule has 0 spiro atoms. The van der Waals surface area contributed by atoms with Crippen molar-refractivity contribution in [3.05, 3.63) is 81.7 Å². The van der Waals surface area contributed by atoms with E-state index in [1.807, 2.05) is 0 Å². The van der Waals surface area contributed by atoms with Gasteiger partial charge in [0.15, 0.2) is 0 Å². The Bertz CT molecular complexity index is 2590. The molecule has 1 unspecified atom stereocenters. The average Bonchev–Trinajstić information content (AvgIpc) is 3.24. The van der Waals surface area contributed by atoms with Crippen molar-refractivity contribution < 1.29 is 48.9 Å². The third-order valence-corrected chi connectivity index (χ3v) is 14.0. The molecule has 358 valence electrons. The molecule has 4 heterocycles. The van der Waals surface area contributed by atoms with Gasteiger partial charge in [0, 0.05) is 56.4 Å². The Labute approximate surface area is 381 Å². The summed E-state index contributed by atoms with van der Waals surface area (Å²) in [5.74, 6) is -1.28. The molecule has 0 saturated carbocycles. The summed E-state index contributed by atoms with van der Waals surface area (Å²) in [4.78, 5) is 41.5. The van der Waals surface area contributed by atoms with E-state index in [0.717, 1.165) is 25.0 Å². The highest BCUT2D eigenvalue weighted by atomic mass is 32.2. The Hall–Kier alpha value is -5.27. The van der Waals surface area contributed by atoms with E-state index in [9.17, 15) is 39.4 Å². The first-order chi connectivity index (χ1) is 30.0. The molecule has 4 aromatic rings. The molecule has 7 N–H and O–H groups in total. The number of hydrogen-bond acceptors (Lipinski definition) is 17. The van der Waals surface area contributed by atoms with Crippen LogP contribution in [0.1, 0.15) is 83.0 Å². The van der Waals surface area contributed by atoms with Gasteiger partial charge in [-0.3, -0.25) is 13.8 Å². The van der Waals surface area contributed by atoms with Crippen LogP contribution in [0.2, 0.25) is 0 Å². The third kappa shape index (κ3) is 14.4. The summed E-state index contributed by atoms with van der Waals surface area (Å²) >= 11 is 0. The van der Waals surface area contributed by atoms with Gasteiger partial charge in [0.25, 0.3) is 0 Å². The lowest BCUT2D eigenvalue weighted by Gasteiger charge is -2.30. The monoisotopic (exact) mass is 968 g/mol. The lowest BCUT2D eigenvalue weighted by atomic mass is 10.0. The van der Waals surface area contributed by atoms with Gasteiger partial charge in [-0.2, -0.15) is 4.98 Å². The number of methoxy groups -OCH3 is 2. The van der Waals surface area contributed by atoms with E-state index < -0.39 is 54.0 Å². The summed E-state index contributed by atoms with van der Waals surface area (Å²) in [5, 5.41) is 3.18. The maximum absolute atomic E-state index is 14.0. The van der Waals surface area contributed by atoms with Crippen molar-refractivity contribution in [2.24, 2.45) is 5.73 Å². The first kappa shape index (κ1) is 54.1. The molecule has 1 atom stereocenters. The van der Waals surface area contributed by atoms with Crippen LogP contribution >= 0.6 is 0 Å². The first-order valence-corrected chi connectivity index (χ1v) is 24.8. The summed E-state index contributed by atoms with van der Waals surface area (Å²) in [6.07, 6.45) is 7.67. The van der Waals surface area contributed by atoms with Crippen molar-refractivity contribution in [3.63, 3.8) is 0 Å². The third-order valence-electron chi connectivity index (χ3n) is 10.2. The zero-order valence-electron chi connectivity index (χ0n) is 36.6. The van der Waals surface area contributed by atoms with Crippen molar-refractivity contribution in [2.45, 2.75) is 71.1 Å². The molecule has 2 aliphatic heterocycles. The van der Waals surface area contributed by atoms with Gasteiger partial charge in [0.1, 0.15) is 34.8 Å². The van der Waals surface area contributed by atoms with Gasteiger partial charge in [-0.05, 0) is 74.9 Å². The summed E-state index contributed by atoms with van der Waals surface area (Å²) in [6.45, 7) is 6.83. The van der Waals surface area contributed by atoms with Gasteiger partial charge < -0.3 is 32.0 Å². The average molecular weight is 969 g/mol. The molecule has 0 bridgehead atoms. The van der Waals surface area contributed by atoms with Crippen LogP contribution in [0.25, 0.3) is 0 Å². The van der Waals surface area contributed by atoms with E-state index in [4.69, 9.17) is 26.7 Å². The van der Waals surface area contributed by atoms with Gasteiger partial charge in [0.2, 0.25) is 42.7 Å². The van der Waals surface area contributed by atoms with E-state index in [1.165, 1.54) is 59.9 Å². The molecule has 2 aromatic carbocycles. The second kappa shape index (κ2) is 23.3. The summed E-state index contributed by atoms with van der Waals surface area (Å²) in [6, 6.07) is 5.24. The number of ketones is 2. The molecule has 19 nitrogen and oxygen atoms in total. The SMILES string of the molecule is C.CCS(=O)c1ncc(C(=O)c2cc(F)c(C)cc2OC)c(N)n1.COc1cc(C)c(F)cc1C(=O)c1cnc(NC2CCN(S(C)(=O)=O)CC2)nc1N.CS(=O)(=O)N1CCC(N)CC1. The number of nitrogens with zero attached hydrogens (tertiary/aromatic N) is 6. The molecule has 2 aromatic heterocycles. The van der Waals surface area contributed by atoms with Gasteiger partial charge in [-0.25, -0.2) is 49.2 Å². The molecule has 2 aliphatic rings. The number of aromatic nitrogens is 4. The molecular weight excluding hydrogens is 911 g/mol. The molecule has 2 saturated heterocycles. The van der Waals surface area contributed by atoms with Crippen LogP contribution in [0.3, 0.4) is 0 Å². The van der Waals surface area contributed by atoms with Gasteiger partial charge >= 0.3 is 0 Å². The number of nitrogens with two attached hydrogens (primary N) is 3. The number of carbonyl (C=O) groups excluding carboxylic acids is 2. The smallest absolute Gasteiger partial charge is 0.224 e. The first-order valence-electron chi connectivity index (χ1n) is 19.8. The van der Waals surface area contributed by atoms with E-state index in [-0.39, 0.29) is 76.0 Å². The van der Waals surface area contributed by atoms with Crippen LogP contribution in [0.5, 0.6) is 11.5 Å². The zero-order valence-corrected chi connectivity index (χ0v) is 39.0. The fourth-order valence-corrected chi connectivity index (χ4v) is 8.82. The molecule has 0 amide bonds. The van der Waals surface area contributed by atoms with Crippen molar-refractivity contribution in [1.82, 2.24) is 28.5 Å². The number of rotatable bonds is 12. The molecule has 65 heavy (non-hydrogen) atoms. The predicted octanol–water partition coefficient (Wildman–Crippen LogP) is 3.46. The standard InChI is InChI=1S/C19H24FN5O4S.C15H16FN3O3S.C6H14N2O2S.CH4/c1-11-8-16(29-2)13(9-15(11)20)17(26)14-10-22-19(24-18(14)21)23-12-4-6-25(7-5-12)30(3,27)28;1-4-23(21)15-18-7-10(14(17)19-15)13(20)9-6-11(16)8(2)5-12(9)22-3;1-11(9,10)8-4-2-6(7)3-5-8;/h8-10,12H,4-7H2,1-3H3,(H3,21,22,23,24);5-7H,4H2,1-3H3,(H2,17,18,19);6H,2-5,7H2,1H3;1H4.